The molecule has 0 amide bonds. The number of aliphatic hydroxyl groups is 1. The van der Waals surface area contributed by atoms with Crippen LogP contribution < -0.4 is 4.74 Å². The number of fused-ring (bicyclic) bond motifs is 1. The highest BCUT2D eigenvalue weighted by atomic mass is 35.5. The number of hydrogen-bond acceptors (Lipinski definition) is 7. The Kier molecular flexibility index (Phi) is 7.60. The summed E-state index contributed by atoms with van der Waals surface area (Å²) in [5.74, 6) is -1.43. The lowest BCUT2D eigenvalue weighted by Gasteiger charge is -2.29. The Hall–Kier alpha value is -2.73. The molecule has 0 fully saturated rings. The van der Waals surface area contributed by atoms with Crippen LogP contribution in [0.1, 0.15) is 23.6 Å². The summed E-state index contributed by atoms with van der Waals surface area (Å²) in [5.41, 5.74) is 0.374. The summed E-state index contributed by atoms with van der Waals surface area (Å²) in [4.78, 5) is 17.1. The minimum absolute atomic E-state index is 0.0218. The number of benzene rings is 1. The van der Waals surface area contributed by atoms with Crippen molar-refractivity contribution >= 4 is 23.6 Å². The van der Waals surface area contributed by atoms with E-state index in [0.717, 1.165) is 18.0 Å². The third-order valence-electron chi connectivity index (χ3n) is 4.31. The Bertz CT molecular complexity index is 907. The molecule has 2 rings (SSSR count). The molecular weight excluding hydrogens is 447 g/mol. The van der Waals surface area contributed by atoms with Crippen molar-refractivity contribution in [2.24, 2.45) is 5.28 Å². The predicted molar refractivity (Wildman–Crippen MR) is 102 cm³/mol. The fourth-order valence-electron chi connectivity index (χ4n) is 2.68. The smallest absolute Gasteiger partial charge is 0.430 e. The van der Waals surface area contributed by atoms with Gasteiger partial charge in [0, 0.05) is 17.5 Å². The highest BCUT2D eigenvalue weighted by molar-refractivity contribution is 6.32. The molecule has 0 radical (unpaired) electrons. The lowest BCUT2D eigenvalue weighted by Crippen LogP contribution is -2.41. The monoisotopic (exact) mass is 467 g/mol. The molecular formula is C18H21ClF3N3O6. The zero-order chi connectivity index (χ0) is 23.5. The summed E-state index contributed by atoms with van der Waals surface area (Å²) in [6, 6.07) is 1.36. The highest BCUT2D eigenvalue weighted by Crippen LogP contribution is 2.41. The molecule has 1 aliphatic heterocycles. The molecule has 31 heavy (non-hydrogen) atoms. The van der Waals surface area contributed by atoms with Crippen LogP contribution in [0.4, 0.5) is 13.2 Å². The lowest BCUT2D eigenvalue weighted by molar-refractivity contribution is -0.707. The van der Waals surface area contributed by atoms with Gasteiger partial charge < -0.3 is 19.8 Å². The van der Waals surface area contributed by atoms with Gasteiger partial charge in [0.05, 0.1) is 30.7 Å². The second-order valence-electron chi connectivity index (χ2n) is 6.70. The van der Waals surface area contributed by atoms with Crippen molar-refractivity contribution in [2.75, 3.05) is 20.2 Å². The lowest BCUT2D eigenvalue weighted by atomic mass is 9.96. The quantitative estimate of drug-likeness (QED) is 0.215. The molecule has 0 bridgehead atoms. The van der Waals surface area contributed by atoms with Gasteiger partial charge in [0.1, 0.15) is 5.75 Å². The van der Waals surface area contributed by atoms with Gasteiger partial charge in [-0.2, -0.15) is 13.2 Å². The largest absolute Gasteiger partial charge is 0.569 e. The van der Waals surface area contributed by atoms with Crippen LogP contribution in [0.15, 0.2) is 16.9 Å². The summed E-state index contributed by atoms with van der Waals surface area (Å²) in [6.07, 6.45) is -7.95. The summed E-state index contributed by atoms with van der Waals surface area (Å²) in [6.45, 7) is 3.99. The van der Waals surface area contributed by atoms with Crippen LogP contribution in [-0.4, -0.2) is 59.8 Å². The van der Waals surface area contributed by atoms with E-state index in [2.05, 4.69) is 10.1 Å². The highest BCUT2D eigenvalue weighted by Gasteiger charge is 2.49. The molecule has 172 valence electrons. The van der Waals surface area contributed by atoms with E-state index in [0.29, 0.717) is 16.1 Å². The first-order chi connectivity index (χ1) is 14.4. The molecule has 0 saturated heterocycles. The standard InChI is InChI=1S/C18H21ClF3N3O6/c1-9-7-14-12(10(2)15(9)19)8-13(16(30-14)18(20,21)22)17(27)29-11(3)31-23-25(28)24(4)5-6-26/h7-8,11,16,26H,5-6H2,1-4H3/t11?,16-/m0/s1. The van der Waals surface area contributed by atoms with Crippen LogP contribution in [0, 0.1) is 19.1 Å². The molecule has 0 saturated carbocycles. The van der Waals surface area contributed by atoms with Crippen LogP contribution in [0.3, 0.4) is 0 Å². The fourth-order valence-corrected chi connectivity index (χ4v) is 2.84. The number of aliphatic hydroxyl groups excluding tert-OH is 1. The van der Waals surface area contributed by atoms with E-state index in [1.807, 2.05) is 0 Å². The van der Waals surface area contributed by atoms with Gasteiger partial charge in [0.25, 0.3) is 6.29 Å². The van der Waals surface area contributed by atoms with Gasteiger partial charge in [-0.05, 0) is 37.1 Å². The average molecular weight is 468 g/mol. The summed E-state index contributed by atoms with van der Waals surface area (Å²) < 4.78 is 50.6. The van der Waals surface area contributed by atoms with Crippen LogP contribution in [0.5, 0.6) is 5.75 Å². The van der Waals surface area contributed by atoms with E-state index in [4.69, 9.17) is 26.2 Å². The summed E-state index contributed by atoms with van der Waals surface area (Å²) >= 11 is 6.16. The Balaban J connectivity index is 2.27. The number of ether oxygens (including phenoxy) is 2. The van der Waals surface area contributed by atoms with Crippen LogP contribution in [-0.2, 0) is 14.4 Å². The predicted octanol–water partition coefficient (Wildman–Crippen LogP) is 3.29. The number of hydrazine groups is 1. The maximum Gasteiger partial charge on any atom is 0.430 e. The number of hydrogen-bond donors (Lipinski definition) is 1. The molecule has 1 aromatic rings. The normalized spacial score (nSPS) is 17.3. The van der Waals surface area contributed by atoms with E-state index in [1.165, 1.54) is 13.1 Å². The number of nitrogens with zero attached hydrogens (tertiary/aromatic N) is 3. The first-order valence-corrected chi connectivity index (χ1v) is 9.36. The van der Waals surface area contributed by atoms with E-state index in [1.54, 1.807) is 13.8 Å². The van der Waals surface area contributed by atoms with Crippen molar-refractivity contribution in [3.63, 3.8) is 0 Å². The molecule has 0 aromatic heterocycles. The van der Waals surface area contributed by atoms with Crippen molar-refractivity contribution < 1.29 is 42.4 Å². The number of aryl methyl sites for hydroxylation is 1. The maximum absolute atomic E-state index is 13.6. The zero-order valence-corrected chi connectivity index (χ0v) is 17.8. The number of carbonyl (C=O) groups is 1. The Morgan fingerprint density at radius 1 is 1.48 bits per heavy atom. The van der Waals surface area contributed by atoms with E-state index in [-0.39, 0.29) is 29.4 Å². The van der Waals surface area contributed by atoms with Crippen molar-refractivity contribution in [3.8, 4) is 5.75 Å². The number of halogens is 4. The Morgan fingerprint density at radius 2 is 2.13 bits per heavy atom. The van der Waals surface area contributed by atoms with Gasteiger partial charge >= 0.3 is 12.1 Å². The minimum Gasteiger partial charge on any atom is -0.569 e. The number of carbonyl (C=O) groups excluding carboxylic acids is 1. The SMILES string of the molecule is Cc1cc2c(c(C)c1Cl)C=C(C(=O)OC(C)ON=[N+]([O-])N(C)CCO)[C@@H](C(F)(F)F)O2. The van der Waals surface area contributed by atoms with E-state index >= 15 is 0 Å². The van der Waals surface area contributed by atoms with Crippen LogP contribution in [0.25, 0.3) is 6.08 Å². The number of alkyl halides is 3. The first-order valence-electron chi connectivity index (χ1n) is 8.98. The molecule has 0 spiro atoms. The first kappa shape index (κ1) is 24.5. The zero-order valence-electron chi connectivity index (χ0n) is 17.1. The Morgan fingerprint density at radius 3 is 2.71 bits per heavy atom. The maximum atomic E-state index is 13.6. The Labute approximate surface area is 180 Å². The summed E-state index contributed by atoms with van der Waals surface area (Å²) in [5, 5.41) is 24.7. The molecule has 1 aliphatic rings. The van der Waals surface area contributed by atoms with Gasteiger partial charge in [-0.15, -0.1) is 5.01 Å². The second-order valence-corrected chi connectivity index (χ2v) is 7.08. The van der Waals surface area contributed by atoms with E-state index < -0.39 is 30.1 Å². The fraction of sp³-hybridized carbons (Fsp3) is 0.500. The van der Waals surface area contributed by atoms with Gasteiger partial charge in [0.15, 0.2) is 0 Å². The number of likely N-dealkylation sites (N-methyl/N-ethyl adjacent to an activating group) is 1. The van der Waals surface area contributed by atoms with Crippen molar-refractivity contribution in [3.05, 3.63) is 38.6 Å². The number of esters is 1. The van der Waals surface area contributed by atoms with Gasteiger partial charge in [-0.3, -0.25) is 4.84 Å². The molecule has 9 nitrogen and oxygen atoms in total. The minimum atomic E-state index is -4.91. The topological polar surface area (TPSA) is 107 Å². The molecule has 1 heterocycles. The van der Waals surface area contributed by atoms with Crippen molar-refractivity contribution in [1.82, 2.24) is 5.01 Å². The molecule has 0 aliphatic carbocycles. The van der Waals surface area contributed by atoms with Crippen LogP contribution in [0.2, 0.25) is 5.02 Å². The van der Waals surface area contributed by atoms with Gasteiger partial charge in [0.2, 0.25) is 11.4 Å². The van der Waals surface area contributed by atoms with Crippen LogP contribution >= 0.6 is 11.6 Å². The van der Waals surface area contributed by atoms with E-state index in [9.17, 15) is 23.2 Å². The summed E-state index contributed by atoms with van der Waals surface area (Å²) in [7, 11) is 1.30. The van der Waals surface area contributed by atoms with Crippen molar-refractivity contribution in [2.45, 2.75) is 39.3 Å². The molecule has 1 N–H and O–H groups in total. The third-order valence-corrected chi connectivity index (χ3v) is 4.89. The molecule has 13 heteroatoms. The third kappa shape index (κ3) is 5.70. The van der Waals surface area contributed by atoms with Gasteiger partial charge in [-0.1, -0.05) is 11.6 Å². The number of rotatable bonds is 7. The molecule has 2 atom stereocenters. The molecule has 1 aromatic carbocycles. The van der Waals surface area contributed by atoms with Gasteiger partial charge in [-0.25, -0.2) is 4.79 Å². The average Bonchev–Trinajstić information content (AvgIpc) is 2.69. The van der Waals surface area contributed by atoms with Crippen molar-refractivity contribution in [1.29, 1.82) is 0 Å². The second kappa shape index (κ2) is 9.60. The molecule has 1 unspecified atom stereocenters.